The lowest BCUT2D eigenvalue weighted by molar-refractivity contribution is 0.0927. The number of aliphatic hydroxyl groups excluding tert-OH is 1. The van der Waals surface area contributed by atoms with Crippen molar-refractivity contribution in [3.8, 4) is 0 Å². The minimum atomic E-state index is -0.424. The highest BCUT2D eigenvalue weighted by atomic mass is 35.5. The Morgan fingerprint density at radius 3 is 2.61 bits per heavy atom. The van der Waals surface area contributed by atoms with Gasteiger partial charge in [-0.2, -0.15) is 0 Å². The molecule has 3 N–H and O–H groups in total. The third-order valence-corrected chi connectivity index (χ3v) is 3.65. The van der Waals surface area contributed by atoms with Crippen LogP contribution < -0.4 is 10.6 Å². The molecule has 1 heterocycles. The Hall–Kier alpha value is -0.810. The second-order valence-corrected chi connectivity index (χ2v) is 5.11. The summed E-state index contributed by atoms with van der Waals surface area (Å²) < 4.78 is 0. The molecule has 1 aromatic rings. The Kier molecular flexibility index (Phi) is 4.45. The molecule has 0 aromatic heterocycles. The zero-order valence-electron chi connectivity index (χ0n) is 9.62. The summed E-state index contributed by atoms with van der Waals surface area (Å²) in [5.74, 6) is -0.292. The number of nitrogens with one attached hydrogen (secondary N) is 2. The lowest BCUT2D eigenvalue weighted by Gasteiger charge is -2.15. The van der Waals surface area contributed by atoms with Crippen LogP contribution in [0.15, 0.2) is 18.2 Å². The molecule has 0 radical (unpaired) electrons. The summed E-state index contributed by atoms with van der Waals surface area (Å²) in [6, 6.07) is 4.93. The van der Waals surface area contributed by atoms with Crippen molar-refractivity contribution in [3.05, 3.63) is 33.8 Å². The van der Waals surface area contributed by atoms with Crippen molar-refractivity contribution in [3.63, 3.8) is 0 Å². The standard InChI is InChI=1S/C12H14Cl2N2O2/c13-8-2-1-3-9(14)11(8)12(18)16-5-7-4-15-6-10(7)17/h1-3,7,10,15,17H,4-6H2,(H,16,18). The van der Waals surface area contributed by atoms with Gasteiger partial charge < -0.3 is 15.7 Å². The molecule has 0 saturated carbocycles. The molecule has 0 spiro atoms. The summed E-state index contributed by atoms with van der Waals surface area (Å²) >= 11 is 11.9. The lowest BCUT2D eigenvalue weighted by atomic mass is 10.1. The van der Waals surface area contributed by atoms with Crippen molar-refractivity contribution in [1.29, 1.82) is 0 Å². The molecular weight excluding hydrogens is 275 g/mol. The number of rotatable bonds is 3. The minimum Gasteiger partial charge on any atom is -0.391 e. The molecule has 2 rings (SSSR count). The number of carbonyl (C=O) groups is 1. The topological polar surface area (TPSA) is 61.4 Å². The van der Waals surface area contributed by atoms with Gasteiger partial charge in [0.2, 0.25) is 0 Å². The van der Waals surface area contributed by atoms with E-state index >= 15 is 0 Å². The molecule has 18 heavy (non-hydrogen) atoms. The Labute approximate surface area is 115 Å². The number of aliphatic hydroxyl groups is 1. The van der Waals surface area contributed by atoms with E-state index in [2.05, 4.69) is 10.6 Å². The van der Waals surface area contributed by atoms with Crippen LogP contribution in [0.5, 0.6) is 0 Å². The van der Waals surface area contributed by atoms with E-state index in [1.54, 1.807) is 18.2 Å². The first-order chi connectivity index (χ1) is 8.59. The molecule has 4 nitrogen and oxygen atoms in total. The van der Waals surface area contributed by atoms with Gasteiger partial charge in [-0.1, -0.05) is 29.3 Å². The van der Waals surface area contributed by atoms with E-state index in [0.29, 0.717) is 29.7 Å². The molecule has 2 unspecified atom stereocenters. The van der Waals surface area contributed by atoms with Crippen molar-refractivity contribution in [2.75, 3.05) is 19.6 Å². The summed E-state index contributed by atoms with van der Waals surface area (Å²) in [7, 11) is 0. The van der Waals surface area contributed by atoms with Crippen LogP contribution in [0.4, 0.5) is 0 Å². The summed E-state index contributed by atoms with van der Waals surface area (Å²) in [6.45, 7) is 1.65. The van der Waals surface area contributed by atoms with Crippen LogP contribution in [0, 0.1) is 5.92 Å². The maximum atomic E-state index is 12.0. The molecule has 1 aromatic carbocycles. The van der Waals surface area contributed by atoms with Crippen molar-refractivity contribution in [1.82, 2.24) is 10.6 Å². The fraction of sp³-hybridized carbons (Fsp3) is 0.417. The number of benzene rings is 1. The highest BCUT2D eigenvalue weighted by Crippen LogP contribution is 2.24. The van der Waals surface area contributed by atoms with Gasteiger partial charge in [-0.15, -0.1) is 0 Å². The predicted molar refractivity (Wildman–Crippen MR) is 71.2 cm³/mol. The Morgan fingerprint density at radius 2 is 2.06 bits per heavy atom. The van der Waals surface area contributed by atoms with Crippen LogP contribution in [0.2, 0.25) is 10.0 Å². The maximum absolute atomic E-state index is 12.0. The van der Waals surface area contributed by atoms with Crippen LogP contribution in [0.1, 0.15) is 10.4 Å². The SMILES string of the molecule is O=C(NCC1CNCC1O)c1c(Cl)cccc1Cl. The molecule has 1 amide bonds. The zero-order chi connectivity index (χ0) is 13.1. The first-order valence-corrected chi connectivity index (χ1v) is 6.46. The fourth-order valence-electron chi connectivity index (χ4n) is 1.95. The molecular formula is C12H14Cl2N2O2. The molecule has 1 saturated heterocycles. The quantitative estimate of drug-likeness (QED) is 0.786. The number of hydrogen-bond acceptors (Lipinski definition) is 3. The van der Waals surface area contributed by atoms with Crippen LogP contribution in [0.3, 0.4) is 0 Å². The summed E-state index contributed by atoms with van der Waals surface area (Å²) in [6.07, 6.45) is -0.424. The molecule has 6 heteroatoms. The molecule has 1 aliphatic rings. The van der Waals surface area contributed by atoms with Crippen molar-refractivity contribution < 1.29 is 9.90 Å². The first-order valence-electron chi connectivity index (χ1n) is 5.70. The van der Waals surface area contributed by atoms with Gasteiger partial charge in [0.25, 0.3) is 5.91 Å². The van der Waals surface area contributed by atoms with Gasteiger partial charge in [0.15, 0.2) is 0 Å². The Morgan fingerprint density at radius 1 is 1.39 bits per heavy atom. The average molecular weight is 289 g/mol. The largest absolute Gasteiger partial charge is 0.391 e. The molecule has 1 fully saturated rings. The average Bonchev–Trinajstić information content (AvgIpc) is 2.72. The molecule has 0 bridgehead atoms. The van der Waals surface area contributed by atoms with Gasteiger partial charge in [0.05, 0.1) is 21.7 Å². The van der Waals surface area contributed by atoms with Gasteiger partial charge >= 0.3 is 0 Å². The minimum absolute atomic E-state index is 0.0233. The van der Waals surface area contributed by atoms with Gasteiger partial charge in [-0.05, 0) is 12.1 Å². The summed E-state index contributed by atoms with van der Waals surface area (Å²) in [5, 5.41) is 16.1. The Balaban J connectivity index is 1.99. The Bertz CT molecular complexity index is 433. The zero-order valence-corrected chi connectivity index (χ0v) is 11.1. The second-order valence-electron chi connectivity index (χ2n) is 4.29. The monoisotopic (exact) mass is 288 g/mol. The molecule has 2 atom stereocenters. The first kappa shape index (κ1) is 13.6. The fourth-order valence-corrected chi connectivity index (χ4v) is 2.52. The number of halogens is 2. The normalized spacial score (nSPS) is 23.1. The summed E-state index contributed by atoms with van der Waals surface area (Å²) in [4.78, 5) is 12.0. The molecule has 0 aliphatic carbocycles. The number of carbonyl (C=O) groups excluding carboxylic acids is 1. The number of β-amino-alcohol motifs (C(OH)–C–C–N with tert-alkyl or cyclic N) is 1. The maximum Gasteiger partial charge on any atom is 0.254 e. The number of hydrogen-bond donors (Lipinski definition) is 3. The van der Waals surface area contributed by atoms with Gasteiger partial charge in [0.1, 0.15) is 0 Å². The van der Waals surface area contributed by atoms with E-state index in [4.69, 9.17) is 23.2 Å². The predicted octanol–water partition coefficient (Wildman–Crippen LogP) is 1.30. The van der Waals surface area contributed by atoms with Gasteiger partial charge in [0, 0.05) is 25.6 Å². The smallest absolute Gasteiger partial charge is 0.254 e. The third kappa shape index (κ3) is 2.95. The third-order valence-electron chi connectivity index (χ3n) is 3.02. The van der Waals surface area contributed by atoms with Crippen molar-refractivity contribution >= 4 is 29.1 Å². The van der Waals surface area contributed by atoms with Crippen LogP contribution in [0.25, 0.3) is 0 Å². The van der Waals surface area contributed by atoms with E-state index < -0.39 is 6.10 Å². The van der Waals surface area contributed by atoms with Crippen molar-refractivity contribution in [2.24, 2.45) is 5.92 Å². The van der Waals surface area contributed by atoms with E-state index in [1.165, 1.54) is 0 Å². The van der Waals surface area contributed by atoms with E-state index in [0.717, 1.165) is 0 Å². The van der Waals surface area contributed by atoms with E-state index in [1.807, 2.05) is 0 Å². The number of amides is 1. The molecule has 98 valence electrons. The highest BCUT2D eigenvalue weighted by molar-refractivity contribution is 6.39. The lowest BCUT2D eigenvalue weighted by Crippen LogP contribution is -2.34. The van der Waals surface area contributed by atoms with Gasteiger partial charge in [-0.25, -0.2) is 0 Å². The van der Waals surface area contributed by atoms with Crippen LogP contribution in [-0.4, -0.2) is 36.8 Å². The second kappa shape index (κ2) is 5.89. The highest BCUT2D eigenvalue weighted by Gasteiger charge is 2.25. The van der Waals surface area contributed by atoms with Crippen LogP contribution in [-0.2, 0) is 0 Å². The van der Waals surface area contributed by atoms with E-state index in [9.17, 15) is 9.90 Å². The van der Waals surface area contributed by atoms with Crippen LogP contribution >= 0.6 is 23.2 Å². The molecule has 1 aliphatic heterocycles. The van der Waals surface area contributed by atoms with E-state index in [-0.39, 0.29) is 17.4 Å². The van der Waals surface area contributed by atoms with Crippen molar-refractivity contribution in [2.45, 2.75) is 6.10 Å². The van der Waals surface area contributed by atoms with Gasteiger partial charge in [-0.3, -0.25) is 4.79 Å². The summed E-state index contributed by atoms with van der Waals surface area (Å²) in [5.41, 5.74) is 0.279.